The van der Waals surface area contributed by atoms with Crippen molar-refractivity contribution in [2.24, 2.45) is 11.7 Å². The molecule has 0 aliphatic carbocycles. The zero-order chi connectivity index (χ0) is 10.8. The Kier molecular flexibility index (Phi) is 3.84. The van der Waals surface area contributed by atoms with Gasteiger partial charge in [0.1, 0.15) is 0 Å². The van der Waals surface area contributed by atoms with Crippen molar-refractivity contribution in [1.82, 2.24) is 4.90 Å². The molecule has 1 aliphatic rings. The van der Waals surface area contributed by atoms with E-state index in [9.17, 15) is 8.78 Å². The highest BCUT2D eigenvalue weighted by Crippen LogP contribution is 2.25. The Morgan fingerprint density at radius 1 is 1.43 bits per heavy atom. The van der Waals surface area contributed by atoms with Crippen molar-refractivity contribution in [3.8, 4) is 0 Å². The number of nitrogens with zero attached hydrogens (tertiary/aromatic N) is 1. The van der Waals surface area contributed by atoms with E-state index >= 15 is 0 Å². The molecule has 1 saturated heterocycles. The zero-order valence-corrected chi connectivity index (χ0v) is 8.97. The highest BCUT2D eigenvalue weighted by molar-refractivity contribution is 4.83. The molecule has 0 aromatic heterocycles. The van der Waals surface area contributed by atoms with Crippen LogP contribution >= 0.6 is 0 Å². The maximum Gasteiger partial charge on any atom is 0.272 e. The Morgan fingerprint density at radius 3 is 2.64 bits per heavy atom. The smallest absolute Gasteiger partial charge is 0.272 e. The molecule has 14 heavy (non-hydrogen) atoms. The van der Waals surface area contributed by atoms with Gasteiger partial charge >= 0.3 is 0 Å². The molecule has 1 fully saturated rings. The van der Waals surface area contributed by atoms with Crippen LogP contribution in [0.5, 0.6) is 0 Å². The molecule has 0 spiro atoms. The highest BCUT2D eigenvalue weighted by Gasteiger charge is 2.34. The van der Waals surface area contributed by atoms with Gasteiger partial charge in [0.2, 0.25) is 0 Å². The van der Waals surface area contributed by atoms with Gasteiger partial charge in [-0.3, -0.25) is 4.90 Å². The fourth-order valence-corrected chi connectivity index (χ4v) is 2.01. The minimum Gasteiger partial charge on any atom is -0.325 e. The van der Waals surface area contributed by atoms with E-state index in [4.69, 9.17) is 5.73 Å². The Hall–Kier alpha value is -0.220. The van der Waals surface area contributed by atoms with Gasteiger partial charge in [-0.25, -0.2) is 8.78 Å². The number of rotatable bonds is 3. The molecule has 2 atom stereocenters. The molecule has 2 nitrogen and oxygen atoms in total. The lowest BCUT2D eigenvalue weighted by Crippen LogP contribution is -2.49. The van der Waals surface area contributed by atoms with Gasteiger partial charge in [-0.15, -0.1) is 0 Å². The van der Waals surface area contributed by atoms with Gasteiger partial charge in [0.25, 0.3) is 5.92 Å². The Labute approximate surface area is 84.4 Å². The van der Waals surface area contributed by atoms with E-state index in [2.05, 4.69) is 6.92 Å². The number of nitrogens with two attached hydrogens (primary N) is 1. The molecule has 1 rings (SSSR count). The fraction of sp³-hybridized carbons (Fsp3) is 1.00. The number of halogens is 2. The third-order valence-corrected chi connectivity index (χ3v) is 3.24. The van der Waals surface area contributed by atoms with Crippen molar-refractivity contribution in [1.29, 1.82) is 0 Å². The SMILES string of the molecule is CC1CCCN(CC(F)(F)CN)C1C. The van der Waals surface area contributed by atoms with E-state index in [0.29, 0.717) is 5.92 Å². The lowest BCUT2D eigenvalue weighted by Gasteiger charge is -2.39. The van der Waals surface area contributed by atoms with Crippen molar-refractivity contribution in [2.75, 3.05) is 19.6 Å². The molecule has 1 aliphatic heterocycles. The Morgan fingerprint density at radius 2 is 2.07 bits per heavy atom. The first-order chi connectivity index (χ1) is 6.46. The molecule has 0 aromatic carbocycles. The van der Waals surface area contributed by atoms with Crippen LogP contribution in [0.3, 0.4) is 0 Å². The first kappa shape index (κ1) is 11.9. The van der Waals surface area contributed by atoms with Crippen LogP contribution in [-0.2, 0) is 0 Å². The van der Waals surface area contributed by atoms with Crippen LogP contribution in [0, 0.1) is 5.92 Å². The van der Waals surface area contributed by atoms with E-state index in [1.54, 1.807) is 0 Å². The van der Waals surface area contributed by atoms with Crippen LogP contribution < -0.4 is 5.73 Å². The molecule has 2 N–H and O–H groups in total. The van der Waals surface area contributed by atoms with E-state index < -0.39 is 12.5 Å². The van der Waals surface area contributed by atoms with Crippen molar-refractivity contribution in [3.63, 3.8) is 0 Å². The summed E-state index contributed by atoms with van der Waals surface area (Å²) in [5.74, 6) is -2.22. The number of hydrogen-bond acceptors (Lipinski definition) is 2. The third-order valence-electron chi connectivity index (χ3n) is 3.24. The van der Waals surface area contributed by atoms with Crippen LogP contribution in [0.1, 0.15) is 26.7 Å². The summed E-state index contributed by atoms with van der Waals surface area (Å²) in [4.78, 5) is 1.86. The number of piperidine rings is 1. The summed E-state index contributed by atoms with van der Waals surface area (Å²) in [5, 5.41) is 0. The third kappa shape index (κ3) is 2.89. The van der Waals surface area contributed by atoms with Crippen molar-refractivity contribution >= 4 is 0 Å². The van der Waals surface area contributed by atoms with Crippen LogP contribution in [-0.4, -0.2) is 36.5 Å². The average Bonchev–Trinajstić information content (AvgIpc) is 2.13. The molecule has 0 bridgehead atoms. The predicted octanol–water partition coefficient (Wildman–Crippen LogP) is 1.70. The number of alkyl halides is 2. The molecule has 84 valence electrons. The van der Waals surface area contributed by atoms with Gasteiger partial charge in [-0.1, -0.05) is 6.92 Å². The summed E-state index contributed by atoms with van der Waals surface area (Å²) in [6.45, 7) is 4.19. The first-order valence-electron chi connectivity index (χ1n) is 5.28. The van der Waals surface area contributed by atoms with Crippen LogP contribution in [0.2, 0.25) is 0 Å². The second kappa shape index (κ2) is 4.53. The van der Waals surface area contributed by atoms with Crippen LogP contribution in [0.25, 0.3) is 0 Å². The molecule has 0 amide bonds. The molecule has 0 saturated carbocycles. The monoisotopic (exact) mass is 206 g/mol. The van der Waals surface area contributed by atoms with E-state index in [1.807, 2.05) is 11.8 Å². The van der Waals surface area contributed by atoms with Gasteiger partial charge in [-0.2, -0.15) is 0 Å². The summed E-state index contributed by atoms with van der Waals surface area (Å²) in [6.07, 6.45) is 2.16. The van der Waals surface area contributed by atoms with Crippen LogP contribution in [0.4, 0.5) is 8.78 Å². The Balaban J connectivity index is 2.51. The maximum atomic E-state index is 13.1. The van der Waals surface area contributed by atoms with Crippen LogP contribution in [0.15, 0.2) is 0 Å². The minimum atomic E-state index is -2.73. The second-order valence-corrected chi connectivity index (χ2v) is 4.39. The quantitative estimate of drug-likeness (QED) is 0.761. The summed E-state index contributed by atoms with van der Waals surface area (Å²) in [6, 6.07) is 0.251. The molecule has 0 radical (unpaired) electrons. The molecular formula is C10H20F2N2. The van der Waals surface area contributed by atoms with Gasteiger partial charge in [0.05, 0.1) is 13.1 Å². The second-order valence-electron chi connectivity index (χ2n) is 4.39. The molecule has 4 heteroatoms. The zero-order valence-electron chi connectivity index (χ0n) is 8.97. The normalized spacial score (nSPS) is 30.6. The average molecular weight is 206 g/mol. The number of likely N-dealkylation sites (tertiary alicyclic amines) is 1. The lowest BCUT2D eigenvalue weighted by atomic mass is 9.92. The molecular weight excluding hydrogens is 186 g/mol. The highest BCUT2D eigenvalue weighted by atomic mass is 19.3. The first-order valence-corrected chi connectivity index (χ1v) is 5.28. The van der Waals surface area contributed by atoms with Crippen molar-refractivity contribution in [2.45, 2.75) is 38.7 Å². The Bertz CT molecular complexity index is 185. The summed E-state index contributed by atoms with van der Waals surface area (Å²) >= 11 is 0. The maximum absolute atomic E-state index is 13.1. The molecule has 2 unspecified atom stereocenters. The molecule has 1 heterocycles. The van der Waals surface area contributed by atoms with E-state index in [0.717, 1.165) is 19.4 Å². The van der Waals surface area contributed by atoms with Crippen molar-refractivity contribution < 1.29 is 8.78 Å². The van der Waals surface area contributed by atoms with E-state index in [-0.39, 0.29) is 12.6 Å². The standard InChI is InChI=1S/C10H20F2N2/c1-8-4-3-5-14(9(8)2)7-10(11,12)6-13/h8-9H,3-7,13H2,1-2H3. The number of hydrogen-bond donors (Lipinski definition) is 1. The van der Waals surface area contributed by atoms with Crippen molar-refractivity contribution in [3.05, 3.63) is 0 Å². The van der Waals surface area contributed by atoms with Gasteiger partial charge in [-0.05, 0) is 32.2 Å². The minimum absolute atomic E-state index is 0.186. The largest absolute Gasteiger partial charge is 0.325 e. The predicted molar refractivity (Wildman–Crippen MR) is 53.4 cm³/mol. The topological polar surface area (TPSA) is 29.3 Å². The summed E-state index contributed by atoms with van der Waals surface area (Å²) in [7, 11) is 0. The summed E-state index contributed by atoms with van der Waals surface area (Å²) < 4.78 is 26.1. The van der Waals surface area contributed by atoms with Gasteiger partial charge in [0.15, 0.2) is 0 Å². The lowest BCUT2D eigenvalue weighted by molar-refractivity contribution is -0.0460. The fourth-order valence-electron chi connectivity index (χ4n) is 2.01. The van der Waals surface area contributed by atoms with Gasteiger partial charge in [0, 0.05) is 6.04 Å². The molecule has 0 aromatic rings. The summed E-state index contributed by atoms with van der Waals surface area (Å²) in [5.41, 5.74) is 5.03. The van der Waals surface area contributed by atoms with Gasteiger partial charge < -0.3 is 5.73 Å². The van der Waals surface area contributed by atoms with E-state index in [1.165, 1.54) is 0 Å².